The Hall–Kier alpha value is -3.86. The molecule has 4 aromatic rings. The fourth-order valence-electron chi connectivity index (χ4n) is 5.53. The first-order chi connectivity index (χ1) is 22.2. The Balaban J connectivity index is 1.31. The van der Waals surface area contributed by atoms with Crippen LogP contribution < -0.4 is 4.87 Å². The van der Waals surface area contributed by atoms with Crippen molar-refractivity contribution < 1.29 is 24.5 Å². The van der Waals surface area contributed by atoms with Crippen LogP contribution in [-0.2, 0) is 33.6 Å². The number of aliphatic carboxylic acids is 1. The molecule has 1 heterocycles. The predicted octanol–water partition coefficient (Wildman–Crippen LogP) is 5.63. The average Bonchev–Trinajstić information content (AvgIpc) is 3.47. The number of aliphatic hydroxyl groups excluding tert-OH is 1. The number of amides is 1. The Labute approximate surface area is 274 Å². The zero-order chi connectivity index (χ0) is 32.9. The molecule has 2 atom stereocenters. The summed E-state index contributed by atoms with van der Waals surface area (Å²) in [5, 5.41) is 22.5. The van der Waals surface area contributed by atoms with Gasteiger partial charge in [0, 0.05) is 37.6 Å². The first kappa shape index (κ1) is 35.0. The van der Waals surface area contributed by atoms with E-state index in [9.17, 15) is 24.6 Å². The monoisotopic (exact) mass is 647 g/mol. The fourth-order valence-corrected chi connectivity index (χ4v) is 6.02. The SMILES string of the molecule is Cc1ccc(CCCCCO[C@@H](C(=O)N(CCCCCc2ccc3ccccc3c2)CCc2nsc(=O)[nH]2)[C@@H](O)C(=O)O)cc1C. The number of aryl methyl sites for hydroxylation is 4. The Kier molecular flexibility index (Phi) is 13.5. The summed E-state index contributed by atoms with van der Waals surface area (Å²) in [5.41, 5.74) is 5.05. The van der Waals surface area contributed by atoms with Crippen LogP contribution >= 0.6 is 11.5 Å². The molecular formula is C36H45N3O6S. The maximum atomic E-state index is 13.7. The highest BCUT2D eigenvalue weighted by atomic mass is 32.1. The molecule has 10 heteroatoms. The summed E-state index contributed by atoms with van der Waals surface area (Å²) in [7, 11) is 0. The summed E-state index contributed by atoms with van der Waals surface area (Å²) in [4.78, 5) is 40.9. The molecule has 0 radical (unpaired) electrons. The van der Waals surface area contributed by atoms with Gasteiger partial charge in [-0.2, -0.15) is 4.37 Å². The zero-order valence-corrected chi connectivity index (χ0v) is 27.6. The van der Waals surface area contributed by atoms with E-state index in [2.05, 4.69) is 71.7 Å². The molecule has 1 aromatic heterocycles. The lowest BCUT2D eigenvalue weighted by Crippen LogP contribution is -2.50. The van der Waals surface area contributed by atoms with Crippen molar-refractivity contribution in [2.45, 2.75) is 83.8 Å². The zero-order valence-electron chi connectivity index (χ0n) is 26.7. The van der Waals surface area contributed by atoms with E-state index in [0.717, 1.165) is 50.1 Å². The summed E-state index contributed by atoms with van der Waals surface area (Å²) in [6.07, 6.45) is 3.52. The van der Waals surface area contributed by atoms with Gasteiger partial charge in [0.05, 0.1) is 0 Å². The molecule has 46 heavy (non-hydrogen) atoms. The van der Waals surface area contributed by atoms with Gasteiger partial charge in [-0.25, -0.2) is 4.79 Å². The number of nitrogens with one attached hydrogen (secondary N) is 1. The van der Waals surface area contributed by atoms with Crippen molar-refractivity contribution in [3.63, 3.8) is 0 Å². The second-order valence-electron chi connectivity index (χ2n) is 11.9. The number of carboxylic acid groups (broad SMARTS) is 1. The molecule has 0 aliphatic rings. The first-order valence-corrected chi connectivity index (χ1v) is 16.9. The molecule has 246 valence electrons. The number of aliphatic hydroxyl groups is 1. The van der Waals surface area contributed by atoms with Crippen molar-refractivity contribution in [1.82, 2.24) is 14.3 Å². The number of hydrogen-bond acceptors (Lipinski definition) is 7. The van der Waals surface area contributed by atoms with Crippen LogP contribution in [-0.4, -0.2) is 68.3 Å². The van der Waals surface area contributed by atoms with Crippen LogP contribution in [0.4, 0.5) is 0 Å². The van der Waals surface area contributed by atoms with E-state index < -0.39 is 24.1 Å². The van der Waals surface area contributed by atoms with Gasteiger partial charge in [-0.1, -0.05) is 73.5 Å². The third-order valence-corrected chi connectivity index (χ3v) is 8.96. The molecule has 0 saturated heterocycles. The second kappa shape index (κ2) is 17.7. The van der Waals surface area contributed by atoms with Gasteiger partial charge in [-0.3, -0.25) is 14.6 Å². The molecule has 0 saturated carbocycles. The van der Waals surface area contributed by atoms with Gasteiger partial charge in [-0.05, 0) is 85.4 Å². The normalized spacial score (nSPS) is 12.7. The van der Waals surface area contributed by atoms with Crippen LogP contribution in [0.3, 0.4) is 0 Å². The number of fused-ring (bicyclic) bond motifs is 1. The molecule has 3 N–H and O–H groups in total. The Bertz CT molecular complexity index is 1630. The lowest BCUT2D eigenvalue weighted by atomic mass is 10.0. The van der Waals surface area contributed by atoms with Crippen LogP contribution in [0.2, 0.25) is 0 Å². The summed E-state index contributed by atoms with van der Waals surface area (Å²) in [5.74, 6) is -1.62. The summed E-state index contributed by atoms with van der Waals surface area (Å²) in [6.45, 7) is 4.93. The van der Waals surface area contributed by atoms with Gasteiger partial charge in [0.25, 0.3) is 5.91 Å². The van der Waals surface area contributed by atoms with E-state index in [0.29, 0.717) is 31.6 Å². The third kappa shape index (κ3) is 10.6. The molecule has 0 bridgehead atoms. The standard InChI is InChI=1S/C36H45N3O6S/c1-25-15-16-27(23-26(25)2)11-6-4-10-22-45-33(32(40)35(42)43)34(41)39(21-19-31-37-36(44)46-38-31)20-9-3-5-12-28-17-18-29-13-7-8-14-30(29)24-28/h7-8,13-18,23-24,32-33,40H,3-6,9-12,19-22H2,1-2H3,(H,42,43)(H,37,38,44)/t32-,33-/m1/s1. The molecule has 4 rings (SSSR count). The lowest BCUT2D eigenvalue weighted by molar-refractivity contribution is -0.167. The first-order valence-electron chi connectivity index (χ1n) is 16.1. The number of aromatic nitrogens is 2. The van der Waals surface area contributed by atoms with Crippen LogP contribution in [0.25, 0.3) is 10.8 Å². The molecular weight excluding hydrogens is 602 g/mol. The number of unbranched alkanes of at least 4 members (excludes halogenated alkanes) is 4. The summed E-state index contributed by atoms with van der Waals surface area (Å²) >= 11 is 0.813. The summed E-state index contributed by atoms with van der Waals surface area (Å²) in [6, 6.07) is 21.2. The van der Waals surface area contributed by atoms with Crippen molar-refractivity contribution in [3.05, 3.63) is 98.4 Å². The number of carbonyl (C=O) groups is 2. The number of ether oxygens (including phenoxy) is 1. The number of aromatic amines is 1. The molecule has 0 spiro atoms. The van der Waals surface area contributed by atoms with Gasteiger partial charge >= 0.3 is 10.8 Å². The van der Waals surface area contributed by atoms with Gasteiger partial charge in [-0.15, -0.1) is 0 Å². The minimum atomic E-state index is -1.99. The van der Waals surface area contributed by atoms with Crippen molar-refractivity contribution in [1.29, 1.82) is 0 Å². The highest BCUT2D eigenvalue weighted by Gasteiger charge is 2.36. The number of rotatable bonds is 19. The Morgan fingerprint density at radius 1 is 0.848 bits per heavy atom. The number of H-pyrrole nitrogens is 1. The van der Waals surface area contributed by atoms with E-state index in [1.165, 1.54) is 37.9 Å². The lowest BCUT2D eigenvalue weighted by Gasteiger charge is -2.28. The van der Waals surface area contributed by atoms with Gasteiger partial charge in [0.2, 0.25) is 0 Å². The molecule has 0 aliphatic carbocycles. The highest BCUT2D eigenvalue weighted by Crippen LogP contribution is 2.18. The number of carboxylic acids is 1. The van der Waals surface area contributed by atoms with Crippen molar-refractivity contribution in [2.24, 2.45) is 0 Å². The minimum absolute atomic E-state index is 0.159. The second-order valence-corrected chi connectivity index (χ2v) is 12.6. The van der Waals surface area contributed by atoms with E-state index in [-0.39, 0.29) is 18.0 Å². The van der Waals surface area contributed by atoms with Crippen LogP contribution in [0.1, 0.15) is 66.6 Å². The topological polar surface area (TPSA) is 133 Å². The van der Waals surface area contributed by atoms with Gasteiger partial charge in [0.1, 0.15) is 5.82 Å². The molecule has 1 amide bonds. The van der Waals surface area contributed by atoms with E-state index in [1.807, 2.05) is 12.1 Å². The fraction of sp³-hybridized carbons (Fsp3) is 0.444. The van der Waals surface area contributed by atoms with Gasteiger partial charge in [0.15, 0.2) is 12.2 Å². The molecule has 3 aromatic carbocycles. The Morgan fingerprint density at radius 3 is 2.24 bits per heavy atom. The quantitative estimate of drug-likeness (QED) is 0.112. The van der Waals surface area contributed by atoms with Gasteiger partial charge < -0.3 is 19.8 Å². The smallest absolute Gasteiger partial charge is 0.335 e. The Morgan fingerprint density at radius 2 is 1.54 bits per heavy atom. The third-order valence-electron chi connectivity index (χ3n) is 8.38. The van der Waals surface area contributed by atoms with Crippen LogP contribution in [0.5, 0.6) is 0 Å². The maximum absolute atomic E-state index is 13.7. The number of benzene rings is 3. The number of carbonyl (C=O) groups excluding carboxylic acids is 1. The predicted molar refractivity (Wildman–Crippen MR) is 181 cm³/mol. The van der Waals surface area contributed by atoms with E-state index in [4.69, 9.17) is 4.74 Å². The highest BCUT2D eigenvalue weighted by molar-refractivity contribution is 7.02. The minimum Gasteiger partial charge on any atom is -0.479 e. The number of hydrogen-bond donors (Lipinski definition) is 3. The molecule has 0 fully saturated rings. The molecule has 9 nitrogen and oxygen atoms in total. The van der Waals surface area contributed by atoms with E-state index in [1.54, 1.807) is 0 Å². The average molecular weight is 648 g/mol. The van der Waals surface area contributed by atoms with Crippen LogP contribution in [0.15, 0.2) is 65.5 Å². The molecule has 0 aliphatic heterocycles. The maximum Gasteiger partial charge on any atom is 0.335 e. The van der Waals surface area contributed by atoms with Crippen molar-refractivity contribution >= 4 is 34.2 Å². The largest absolute Gasteiger partial charge is 0.479 e. The van der Waals surface area contributed by atoms with Crippen molar-refractivity contribution in [2.75, 3.05) is 19.7 Å². The van der Waals surface area contributed by atoms with Crippen LogP contribution in [0, 0.1) is 13.8 Å². The number of nitrogens with zero attached hydrogens (tertiary/aromatic N) is 2. The van der Waals surface area contributed by atoms with E-state index >= 15 is 0 Å². The van der Waals surface area contributed by atoms with Crippen molar-refractivity contribution in [3.8, 4) is 0 Å². The molecule has 0 unspecified atom stereocenters. The summed E-state index contributed by atoms with van der Waals surface area (Å²) < 4.78 is 9.87.